The molecule has 31 heavy (non-hydrogen) atoms. The van der Waals surface area contributed by atoms with Gasteiger partial charge in [0.15, 0.2) is 0 Å². The van der Waals surface area contributed by atoms with E-state index >= 15 is 0 Å². The molecule has 0 aliphatic carbocycles. The van der Waals surface area contributed by atoms with E-state index in [2.05, 4.69) is 26.3 Å². The van der Waals surface area contributed by atoms with Crippen molar-refractivity contribution < 1.29 is 14.4 Å². The molecule has 0 aliphatic rings. The van der Waals surface area contributed by atoms with Crippen LogP contribution in [0.3, 0.4) is 0 Å². The molecule has 2 rings (SSSR count). The highest BCUT2D eigenvalue weighted by Crippen LogP contribution is 2.11. The number of benzene rings is 1. The molecule has 162 valence electrons. The molecule has 1 heterocycles. The van der Waals surface area contributed by atoms with E-state index in [-0.39, 0.29) is 18.5 Å². The molecule has 0 radical (unpaired) electrons. The van der Waals surface area contributed by atoms with Gasteiger partial charge in [-0.05, 0) is 48.2 Å². The average Bonchev–Trinajstić information content (AvgIpc) is 2.76. The Bertz CT molecular complexity index is 923. The molecular formula is C22H26N6O3. The quantitative estimate of drug-likeness (QED) is 0.459. The number of carbonyl (C=O) groups is 3. The summed E-state index contributed by atoms with van der Waals surface area (Å²) in [5.41, 5.74) is 1.74. The van der Waals surface area contributed by atoms with Crippen molar-refractivity contribution in [2.24, 2.45) is 5.92 Å². The lowest BCUT2D eigenvalue weighted by Crippen LogP contribution is -2.47. The van der Waals surface area contributed by atoms with E-state index in [9.17, 15) is 14.4 Å². The highest BCUT2D eigenvalue weighted by molar-refractivity contribution is 5.98. The lowest BCUT2D eigenvalue weighted by Gasteiger charge is -2.19. The zero-order valence-electron chi connectivity index (χ0n) is 17.5. The number of rotatable bonds is 9. The Labute approximate surface area is 181 Å². The van der Waals surface area contributed by atoms with Crippen molar-refractivity contribution in [3.05, 3.63) is 59.9 Å². The van der Waals surface area contributed by atoms with Crippen LogP contribution in [0.4, 0.5) is 10.5 Å². The van der Waals surface area contributed by atoms with Crippen LogP contribution in [0.1, 0.15) is 36.2 Å². The van der Waals surface area contributed by atoms with Gasteiger partial charge in [0.1, 0.15) is 12.6 Å². The molecule has 0 saturated heterocycles. The molecule has 9 heteroatoms. The largest absolute Gasteiger partial charge is 0.341 e. The second kappa shape index (κ2) is 11.9. The number of hydrogen-bond donors (Lipinski definition) is 4. The van der Waals surface area contributed by atoms with Crippen molar-refractivity contribution in [3.63, 3.8) is 0 Å². The standard InChI is InChI=1S/C22H26N6O3/c1-15(2)12-19(21(30)25-11-9-23)28-20(29)17-5-7-18(8-6-17)27-22(31)26-14-16-4-3-10-24-13-16/h3-8,10,13,15,19H,11-12,14H2,1-2H3,(H,25,30)(H,28,29)(H2,26,27,31). The van der Waals surface area contributed by atoms with Gasteiger partial charge in [0.25, 0.3) is 5.91 Å². The molecule has 0 spiro atoms. The SMILES string of the molecule is CC(C)CC(NC(=O)c1ccc(NC(=O)NCc2cccnc2)cc1)C(=O)NCC#N. The molecule has 1 atom stereocenters. The lowest BCUT2D eigenvalue weighted by molar-refractivity contribution is -0.123. The lowest BCUT2D eigenvalue weighted by atomic mass is 10.0. The number of nitrogens with zero attached hydrogens (tertiary/aromatic N) is 2. The summed E-state index contributed by atoms with van der Waals surface area (Å²) >= 11 is 0. The molecule has 1 unspecified atom stereocenters. The van der Waals surface area contributed by atoms with Crippen molar-refractivity contribution in [3.8, 4) is 6.07 Å². The predicted molar refractivity (Wildman–Crippen MR) is 116 cm³/mol. The zero-order valence-corrected chi connectivity index (χ0v) is 17.5. The fourth-order valence-electron chi connectivity index (χ4n) is 2.76. The van der Waals surface area contributed by atoms with Crippen LogP contribution in [0.25, 0.3) is 0 Å². The molecule has 4 amide bonds. The van der Waals surface area contributed by atoms with E-state index in [1.54, 1.807) is 42.7 Å². The first kappa shape index (κ1) is 23.3. The minimum Gasteiger partial charge on any atom is -0.341 e. The van der Waals surface area contributed by atoms with Gasteiger partial charge >= 0.3 is 6.03 Å². The van der Waals surface area contributed by atoms with Crippen molar-refractivity contribution in [2.45, 2.75) is 32.9 Å². The summed E-state index contributed by atoms with van der Waals surface area (Å²) in [7, 11) is 0. The van der Waals surface area contributed by atoms with E-state index in [1.165, 1.54) is 0 Å². The smallest absolute Gasteiger partial charge is 0.319 e. The highest BCUT2D eigenvalue weighted by atomic mass is 16.2. The summed E-state index contributed by atoms with van der Waals surface area (Å²) in [6.45, 7) is 4.10. The zero-order chi connectivity index (χ0) is 22.6. The van der Waals surface area contributed by atoms with Gasteiger partial charge in [-0.15, -0.1) is 0 Å². The van der Waals surface area contributed by atoms with Crippen LogP contribution in [0, 0.1) is 17.2 Å². The van der Waals surface area contributed by atoms with E-state index < -0.39 is 17.9 Å². The average molecular weight is 422 g/mol. The van der Waals surface area contributed by atoms with Crippen LogP contribution in [0.15, 0.2) is 48.8 Å². The molecule has 0 aliphatic heterocycles. The van der Waals surface area contributed by atoms with Crippen LogP contribution < -0.4 is 21.3 Å². The molecule has 1 aromatic carbocycles. The Morgan fingerprint density at radius 1 is 1.10 bits per heavy atom. The van der Waals surface area contributed by atoms with Gasteiger partial charge in [0, 0.05) is 30.2 Å². The Balaban J connectivity index is 1.91. The molecule has 0 bridgehead atoms. The number of nitrogens with one attached hydrogen (secondary N) is 4. The summed E-state index contributed by atoms with van der Waals surface area (Å²) in [6, 6.07) is 10.7. The predicted octanol–water partition coefficient (Wildman–Crippen LogP) is 2.19. The second-order valence-corrected chi connectivity index (χ2v) is 7.28. The number of nitriles is 1. The maximum absolute atomic E-state index is 12.5. The molecule has 9 nitrogen and oxygen atoms in total. The van der Waals surface area contributed by atoms with Gasteiger partial charge in [-0.1, -0.05) is 19.9 Å². The van der Waals surface area contributed by atoms with Gasteiger partial charge in [-0.3, -0.25) is 14.6 Å². The van der Waals surface area contributed by atoms with Crippen molar-refractivity contribution in [1.29, 1.82) is 5.26 Å². The fraction of sp³-hybridized carbons (Fsp3) is 0.318. The summed E-state index contributed by atoms with van der Waals surface area (Å²) in [5.74, 6) is -0.632. The third kappa shape index (κ3) is 8.14. The van der Waals surface area contributed by atoms with Crippen LogP contribution >= 0.6 is 0 Å². The summed E-state index contributed by atoms with van der Waals surface area (Å²) < 4.78 is 0. The number of urea groups is 1. The Kier molecular flexibility index (Phi) is 8.98. The number of aromatic nitrogens is 1. The summed E-state index contributed by atoms with van der Waals surface area (Å²) in [4.78, 5) is 40.8. The molecule has 0 saturated carbocycles. The number of amides is 4. The maximum Gasteiger partial charge on any atom is 0.319 e. The van der Waals surface area contributed by atoms with Gasteiger partial charge in [-0.25, -0.2) is 4.79 Å². The van der Waals surface area contributed by atoms with Gasteiger partial charge < -0.3 is 21.3 Å². The van der Waals surface area contributed by atoms with Crippen LogP contribution in [0.2, 0.25) is 0 Å². The van der Waals surface area contributed by atoms with Crippen LogP contribution in [-0.2, 0) is 11.3 Å². The highest BCUT2D eigenvalue weighted by Gasteiger charge is 2.22. The molecular weight excluding hydrogens is 396 g/mol. The second-order valence-electron chi connectivity index (χ2n) is 7.28. The first-order valence-electron chi connectivity index (χ1n) is 9.88. The first-order valence-corrected chi connectivity index (χ1v) is 9.88. The minimum atomic E-state index is -0.739. The molecule has 4 N–H and O–H groups in total. The minimum absolute atomic E-state index is 0.119. The van der Waals surface area contributed by atoms with Crippen LogP contribution in [0.5, 0.6) is 0 Å². The maximum atomic E-state index is 12.5. The van der Waals surface area contributed by atoms with Crippen molar-refractivity contribution in [1.82, 2.24) is 20.9 Å². The van der Waals surface area contributed by atoms with E-state index in [4.69, 9.17) is 5.26 Å². The number of carbonyl (C=O) groups excluding carboxylic acids is 3. The van der Waals surface area contributed by atoms with Gasteiger partial charge in [0.05, 0.1) is 6.07 Å². The Morgan fingerprint density at radius 3 is 2.45 bits per heavy atom. The third-order valence-electron chi connectivity index (χ3n) is 4.25. The Hall–Kier alpha value is -3.93. The molecule has 1 aromatic heterocycles. The third-order valence-corrected chi connectivity index (χ3v) is 4.25. The van der Waals surface area contributed by atoms with E-state index in [1.807, 2.05) is 26.0 Å². The van der Waals surface area contributed by atoms with E-state index in [0.29, 0.717) is 24.2 Å². The normalized spacial score (nSPS) is 11.2. The van der Waals surface area contributed by atoms with Crippen molar-refractivity contribution >= 4 is 23.5 Å². The Morgan fingerprint density at radius 2 is 1.84 bits per heavy atom. The fourth-order valence-corrected chi connectivity index (χ4v) is 2.76. The van der Waals surface area contributed by atoms with Gasteiger partial charge in [0.2, 0.25) is 5.91 Å². The van der Waals surface area contributed by atoms with E-state index in [0.717, 1.165) is 5.56 Å². The molecule has 2 aromatic rings. The van der Waals surface area contributed by atoms with Crippen molar-refractivity contribution in [2.75, 3.05) is 11.9 Å². The van der Waals surface area contributed by atoms with Crippen LogP contribution in [-0.4, -0.2) is 35.4 Å². The number of pyridine rings is 1. The number of anilines is 1. The topological polar surface area (TPSA) is 136 Å². The monoisotopic (exact) mass is 422 g/mol. The summed E-state index contributed by atoms with van der Waals surface area (Å²) in [6.07, 6.45) is 3.77. The summed E-state index contributed by atoms with van der Waals surface area (Å²) in [5, 5.41) is 19.2. The first-order chi connectivity index (χ1) is 14.9. The molecule has 0 fully saturated rings. The number of hydrogen-bond acceptors (Lipinski definition) is 5. The van der Waals surface area contributed by atoms with Gasteiger partial charge in [-0.2, -0.15) is 5.26 Å².